The molecule has 0 unspecified atom stereocenters. The van der Waals surface area contributed by atoms with Gasteiger partial charge >= 0.3 is 0 Å². The molecule has 1 aliphatic rings. The van der Waals surface area contributed by atoms with Crippen LogP contribution < -0.4 is 0 Å². The zero-order valence-electron chi connectivity index (χ0n) is 8.58. The summed E-state index contributed by atoms with van der Waals surface area (Å²) in [4.78, 5) is 6.42. The molecular formula is C11H18N2. The third-order valence-corrected chi connectivity index (χ3v) is 2.40. The van der Waals surface area contributed by atoms with Gasteiger partial charge in [0, 0.05) is 32.0 Å². The van der Waals surface area contributed by atoms with Crippen LogP contribution in [0.3, 0.4) is 0 Å². The van der Waals surface area contributed by atoms with Crippen LogP contribution in [0, 0.1) is 0 Å². The van der Waals surface area contributed by atoms with Crippen LogP contribution in [0.15, 0.2) is 28.9 Å². The van der Waals surface area contributed by atoms with Crippen molar-refractivity contribution >= 4 is 6.21 Å². The molecule has 2 heteroatoms. The lowest BCUT2D eigenvalue weighted by Gasteiger charge is -2.30. The van der Waals surface area contributed by atoms with Crippen molar-refractivity contribution < 1.29 is 0 Å². The standard InChI is InChI=1S/C11H18N2/c1-4-11-10(9-12-3)7-6-8-13(11)5-2/h4,9H,1,5-8H2,2-3H3. The molecule has 0 aromatic carbocycles. The topological polar surface area (TPSA) is 15.6 Å². The smallest absolute Gasteiger partial charge is 0.0408 e. The molecule has 0 aliphatic carbocycles. The van der Waals surface area contributed by atoms with Crippen LogP contribution in [-0.2, 0) is 0 Å². The van der Waals surface area contributed by atoms with Crippen molar-refractivity contribution in [2.45, 2.75) is 19.8 Å². The van der Waals surface area contributed by atoms with Crippen molar-refractivity contribution in [2.75, 3.05) is 20.1 Å². The molecule has 0 atom stereocenters. The molecule has 2 nitrogen and oxygen atoms in total. The Hall–Kier alpha value is -1.05. The molecule has 0 saturated heterocycles. The summed E-state index contributed by atoms with van der Waals surface area (Å²) in [6.07, 6.45) is 6.26. The fourth-order valence-corrected chi connectivity index (χ4v) is 1.79. The van der Waals surface area contributed by atoms with E-state index in [-0.39, 0.29) is 0 Å². The molecule has 1 heterocycles. The summed E-state index contributed by atoms with van der Waals surface area (Å²) in [5.41, 5.74) is 2.59. The number of rotatable bonds is 3. The summed E-state index contributed by atoms with van der Waals surface area (Å²) in [5.74, 6) is 0. The molecule has 1 rings (SSSR count). The van der Waals surface area contributed by atoms with Crippen LogP contribution in [0.2, 0.25) is 0 Å². The zero-order chi connectivity index (χ0) is 9.68. The Morgan fingerprint density at radius 3 is 2.92 bits per heavy atom. The maximum Gasteiger partial charge on any atom is 0.0408 e. The Morgan fingerprint density at radius 1 is 1.62 bits per heavy atom. The number of aliphatic imine (C=N–C) groups is 1. The fraction of sp³-hybridized carbons (Fsp3) is 0.545. The van der Waals surface area contributed by atoms with E-state index in [0.29, 0.717) is 0 Å². The monoisotopic (exact) mass is 178 g/mol. The Kier molecular flexibility index (Phi) is 3.74. The van der Waals surface area contributed by atoms with E-state index in [9.17, 15) is 0 Å². The second-order valence-corrected chi connectivity index (χ2v) is 3.19. The lowest BCUT2D eigenvalue weighted by Crippen LogP contribution is -2.28. The van der Waals surface area contributed by atoms with Gasteiger partial charge in [-0.2, -0.15) is 0 Å². The van der Waals surface area contributed by atoms with E-state index in [4.69, 9.17) is 0 Å². The van der Waals surface area contributed by atoms with Gasteiger partial charge in [-0.15, -0.1) is 0 Å². The summed E-state index contributed by atoms with van der Waals surface area (Å²) >= 11 is 0. The molecule has 0 amide bonds. The van der Waals surface area contributed by atoms with E-state index < -0.39 is 0 Å². The van der Waals surface area contributed by atoms with Crippen molar-refractivity contribution in [3.63, 3.8) is 0 Å². The van der Waals surface area contributed by atoms with Gasteiger partial charge in [0.1, 0.15) is 0 Å². The predicted octanol–water partition coefficient (Wildman–Crippen LogP) is 2.24. The first-order chi connectivity index (χ1) is 6.33. The van der Waals surface area contributed by atoms with Gasteiger partial charge in [-0.1, -0.05) is 6.58 Å². The van der Waals surface area contributed by atoms with Crippen molar-refractivity contribution in [3.05, 3.63) is 23.9 Å². The molecule has 72 valence electrons. The normalized spacial score (nSPS) is 18.5. The average Bonchev–Trinajstić information content (AvgIpc) is 2.18. The number of hydrogen-bond acceptors (Lipinski definition) is 2. The quantitative estimate of drug-likeness (QED) is 0.605. The van der Waals surface area contributed by atoms with E-state index in [0.717, 1.165) is 19.5 Å². The summed E-state index contributed by atoms with van der Waals surface area (Å²) in [6.45, 7) is 8.24. The summed E-state index contributed by atoms with van der Waals surface area (Å²) in [7, 11) is 1.82. The average molecular weight is 178 g/mol. The molecule has 0 N–H and O–H groups in total. The third kappa shape index (κ3) is 2.20. The first kappa shape index (κ1) is 10.0. The van der Waals surface area contributed by atoms with Crippen LogP contribution >= 0.6 is 0 Å². The van der Waals surface area contributed by atoms with E-state index in [1.807, 2.05) is 19.3 Å². The maximum atomic E-state index is 4.07. The summed E-state index contributed by atoms with van der Waals surface area (Å²) in [6, 6.07) is 0. The van der Waals surface area contributed by atoms with Crippen LogP contribution in [0.1, 0.15) is 19.8 Å². The molecule has 0 aromatic rings. The molecule has 0 bridgehead atoms. The molecule has 13 heavy (non-hydrogen) atoms. The van der Waals surface area contributed by atoms with E-state index in [2.05, 4.69) is 23.4 Å². The lowest BCUT2D eigenvalue weighted by molar-refractivity contribution is 0.347. The van der Waals surface area contributed by atoms with Crippen LogP contribution in [0.5, 0.6) is 0 Å². The molecule has 0 fully saturated rings. The number of hydrogen-bond donors (Lipinski definition) is 0. The van der Waals surface area contributed by atoms with Crippen molar-refractivity contribution in [3.8, 4) is 0 Å². The van der Waals surface area contributed by atoms with Crippen LogP contribution in [-0.4, -0.2) is 31.3 Å². The number of allylic oxidation sites excluding steroid dienone is 2. The van der Waals surface area contributed by atoms with Gasteiger partial charge in [-0.25, -0.2) is 0 Å². The summed E-state index contributed by atoms with van der Waals surface area (Å²) < 4.78 is 0. The van der Waals surface area contributed by atoms with Gasteiger partial charge in [0.15, 0.2) is 0 Å². The second kappa shape index (κ2) is 4.85. The van der Waals surface area contributed by atoms with Crippen molar-refractivity contribution in [1.82, 2.24) is 4.90 Å². The molecule has 0 saturated carbocycles. The van der Waals surface area contributed by atoms with Crippen molar-refractivity contribution in [2.24, 2.45) is 4.99 Å². The SMILES string of the molecule is C=CC1=C(C=NC)CCCN1CC. The Bertz CT molecular complexity index is 238. The van der Waals surface area contributed by atoms with Gasteiger partial charge < -0.3 is 4.90 Å². The second-order valence-electron chi connectivity index (χ2n) is 3.19. The van der Waals surface area contributed by atoms with Gasteiger partial charge in [0.05, 0.1) is 0 Å². The first-order valence-corrected chi connectivity index (χ1v) is 4.86. The largest absolute Gasteiger partial charge is 0.372 e. The molecule has 0 aromatic heterocycles. The van der Waals surface area contributed by atoms with E-state index >= 15 is 0 Å². The Labute approximate surface area is 80.7 Å². The molecular weight excluding hydrogens is 160 g/mol. The molecule has 1 aliphatic heterocycles. The lowest BCUT2D eigenvalue weighted by atomic mass is 10.0. The van der Waals surface area contributed by atoms with Crippen molar-refractivity contribution in [1.29, 1.82) is 0 Å². The highest BCUT2D eigenvalue weighted by Crippen LogP contribution is 2.21. The van der Waals surface area contributed by atoms with Gasteiger partial charge in [0.2, 0.25) is 0 Å². The Balaban J connectivity index is 2.94. The summed E-state index contributed by atoms with van der Waals surface area (Å²) in [5, 5.41) is 0. The molecule has 0 radical (unpaired) electrons. The predicted molar refractivity (Wildman–Crippen MR) is 58.1 cm³/mol. The number of likely N-dealkylation sites (N-methyl/N-ethyl adjacent to an activating group) is 1. The van der Waals surface area contributed by atoms with Crippen LogP contribution in [0.25, 0.3) is 0 Å². The first-order valence-electron chi connectivity index (χ1n) is 4.86. The minimum absolute atomic E-state index is 1.06. The minimum atomic E-state index is 1.06. The van der Waals surface area contributed by atoms with E-state index in [1.54, 1.807) is 0 Å². The highest BCUT2D eigenvalue weighted by Gasteiger charge is 2.14. The fourth-order valence-electron chi connectivity index (χ4n) is 1.79. The van der Waals surface area contributed by atoms with Gasteiger partial charge in [0.25, 0.3) is 0 Å². The molecule has 0 spiro atoms. The third-order valence-electron chi connectivity index (χ3n) is 2.40. The minimum Gasteiger partial charge on any atom is -0.372 e. The zero-order valence-corrected chi connectivity index (χ0v) is 8.58. The van der Waals surface area contributed by atoms with E-state index in [1.165, 1.54) is 17.7 Å². The Morgan fingerprint density at radius 2 is 2.38 bits per heavy atom. The maximum absolute atomic E-state index is 4.07. The van der Waals surface area contributed by atoms with Gasteiger partial charge in [-0.3, -0.25) is 4.99 Å². The van der Waals surface area contributed by atoms with Gasteiger partial charge in [-0.05, 0) is 31.4 Å². The van der Waals surface area contributed by atoms with Crippen LogP contribution in [0.4, 0.5) is 0 Å². The number of nitrogens with zero attached hydrogens (tertiary/aromatic N) is 2. The highest BCUT2D eigenvalue weighted by molar-refractivity contribution is 5.80. The highest BCUT2D eigenvalue weighted by atomic mass is 15.1.